The van der Waals surface area contributed by atoms with Crippen LogP contribution in [-0.4, -0.2) is 36.1 Å². The smallest absolute Gasteiger partial charge is 0.319 e. The van der Waals surface area contributed by atoms with Crippen molar-refractivity contribution in [1.29, 1.82) is 0 Å². The Kier molecular flexibility index (Phi) is 6.75. The zero-order chi connectivity index (χ0) is 20.6. The van der Waals surface area contributed by atoms with E-state index in [4.69, 9.17) is 4.74 Å². The number of nitrogens with zero attached hydrogens (tertiary/aromatic N) is 1. The summed E-state index contributed by atoms with van der Waals surface area (Å²) < 4.78 is 5.45. The van der Waals surface area contributed by atoms with Crippen molar-refractivity contribution in [3.63, 3.8) is 0 Å². The van der Waals surface area contributed by atoms with E-state index in [-0.39, 0.29) is 30.2 Å². The highest BCUT2D eigenvalue weighted by atomic mass is 16.6. The van der Waals surface area contributed by atoms with E-state index in [1.54, 1.807) is 36.4 Å². The van der Waals surface area contributed by atoms with Crippen LogP contribution in [0.5, 0.6) is 0 Å². The predicted molar refractivity (Wildman–Crippen MR) is 108 cm³/mol. The largest absolute Gasteiger partial charge is 0.376 e. The average molecular weight is 398 g/mol. The number of benzene rings is 2. The Morgan fingerprint density at radius 3 is 2.28 bits per heavy atom. The number of carbonyl (C=O) groups excluding carboxylic acids is 2. The number of carbonyl (C=O) groups is 2. The van der Waals surface area contributed by atoms with E-state index in [2.05, 4.69) is 16.0 Å². The fraction of sp³-hybridized carbons (Fsp3) is 0.300. The van der Waals surface area contributed by atoms with Crippen molar-refractivity contribution in [3.8, 4) is 0 Å². The molecule has 3 amide bonds. The van der Waals surface area contributed by atoms with Crippen molar-refractivity contribution < 1.29 is 19.2 Å². The van der Waals surface area contributed by atoms with Crippen LogP contribution in [0, 0.1) is 10.1 Å². The molecule has 1 heterocycles. The molecule has 0 aromatic heterocycles. The molecule has 1 aliphatic heterocycles. The number of anilines is 2. The van der Waals surface area contributed by atoms with Crippen molar-refractivity contribution in [2.75, 3.05) is 23.8 Å². The summed E-state index contributed by atoms with van der Waals surface area (Å²) in [6.45, 7) is 1.22. The zero-order valence-electron chi connectivity index (χ0n) is 15.7. The first kappa shape index (κ1) is 20.3. The van der Waals surface area contributed by atoms with Crippen molar-refractivity contribution >= 4 is 29.0 Å². The van der Waals surface area contributed by atoms with Crippen LogP contribution in [0.25, 0.3) is 0 Å². The molecule has 1 atom stereocenters. The fourth-order valence-electron chi connectivity index (χ4n) is 2.95. The molecule has 9 nitrogen and oxygen atoms in total. The molecule has 1 aliphatic rings. The van der Waals surface area contributed by atoms with E-state index in [9.17, 15) is 19.7 Å². The van der Waals surface area contributed by atoms with Crippen LogP contribution in [0.15, 0.2) is 48.5 Å². The second-order valence-electron chi connectivity index (χ2n) is 6.70. The molecular formula is C20H22N4O5. The molecule has 3 rings (SSSR count). The van der Waals surface area contributed by atoms with E-state index >= 15 is 0 Å². The summed E-state index contributed by atoms with van der Waals surface area (Å²) >= 11 is 0. The van der Waals surface area contributed by atoms with Gasteiger partial charge in [0.25, 0.3) is 5.69 Å². The monoisotopic (exact) mass is 398 g/mol. The zero-order valence-corrected chi connectivity index (χ0v) is 15.7. The number of hydrogen-bond donors (Lipinski definition) is 3. The quantitative estimate of drug-likeness (QED) is 0.489. The number of rotatable bonds is 7. The first-order valence-corrected chi connectivity index (χ1v) is 9.29. The van der Waals surface area contributed by atoms with Crippen LogP contribution in [0.3, 0.4) is 0 Å². The Hall–Kier alpha value is -3.46. The van der Waals surface area contributed by atoms with E-state index in [0.29, 0.717) is 23.5 Å². The molecule has 152 valence electrons. The number of non-ortho nitro benzene ring substituents is 1. The van der Waals surface area contributed by atoms with E-state index in [1.807, 2.05) is 0 Å². The Bertz CT molecular complexity index is 861. The van der Waals surface area contributed by atoms with Crippen LogP contribution in [0.1, 0.15) is 18.4 Å². The SMILES string of the molecule is O=C(Cc1ccc([N+](=O)[O-])cc1)Nc1ccc(NC(=O)NCC2CCCO2)cc1. The normalized spacial score (nSPS) is 15.5. The molecule has 0 radical (unpaired) electrons. The van der Waals surface area contributed by atoms with Gasteiger partial charge in [0.1, 0.15) is 0 Å². The maximum atomic E-state index is 12.1. The van der Waals surface area contributed by atoms with Gasteiger partial charge < -0.3 is 20.7 Å². The van der Waals surface area contributed by atoms with Gasteiger partial charge in [-0.05, 0) is 42.7 Å². The highest BCUT2D eigenvalue weighted by Gasteiger charge is 2.16. The third-order valence-electron chi connectivity index (χ3n) is 4.45. The number of nitrogens with one attached hydrogen (secondary N) is 3. The van der Waals surface area contributed by atoms with Gasteiger partial charge in [-0.15, -0.1) is 0 Å². The van der Waals surface area contributed by atoms with Crippen molar-refractivity contribution in [2.24, 2.45) is 0 Å². The van der Waals surface area contributed by atoms with Gasteiger partial charge in [0.15, 0.2) is 0 Å². The molecule has 0 saturated carbocycles. The lowest BCUT2D eigenvalue weighted by Gasteiger charge is -2.12. The van der Waals surface area contributed by atoms with Gasteiger partial charge in [0, 0.05) is 36.7 Å². The molecule has 9 heteroatoms. The van der Waals surface area contributed by atoms with E-state index in [1.165, 1.54) is 12.1 Å². The summed E-state index contributed by atoms with van der Waals surface area (Å²) in [6, 6.07) is 12.3. The second kappa shape index (κ2) is 9.65. The molecule has 29 heavy (non-hydrogen) atoms. The molecule has 0 aliphatic carbocycles. The lowest BCUT2D eigenvalue weighted by Crippen LogP contribution is -2.35. The number of nitro benzene ring substituents is 1. The Labute approximate surface area is 167 Å². The molecule has 3 N–H and O–H groups in total. The van der Waals surface area contributed by atoms with Crippen LogP contribution < -0.4 is 16.0 Å². The fourth-order valence-corrected chi connectivity index (χ4v) is 2.95. The van der Waals surface area contributed by atoms with Gasteiger partial charge in [-0.3, -0.25) is 14.9 Å². The molecule has 0 spiro atoms. The summed E-state index contributed by atoms with van der Waals surface area (Å²) in [7, 11) is 0. The number of ether oxygens (including phenoxy) is 1. The molecule has 1 unspecified atom stereocenters. The van der Waals surface area contributed by atoms with Gasteiger partial charge in [-0.25, -0.2) is 4.79 Å². The minimum absolute atomic E-state index is 0.0166. The maximum Gasteiger partial charge on any atom is 0.319 e. The van der Waals surface area contributed by atoms with E-state index < -0.39 is 4.92 Å². The van der Waals surface area contributed by atoms with E-state index in [0.717, 1.165) is 19.4 Å². The van der Waals surface area contributed by atoms with Crippen LogP contribution in [-0.2, 0) is 16.0 Å². The number of hydrogen-bond acceptors (Lipinski definition) is 5. The average Bonchev–Trinajstić information content (AvgIpc) is 3.22. The third kappa shape index (κ3) is 6.28. The molecule has 1 fully saturated rings. The highest BCUT2D eigenvalue weighted by Crippen LogP contribution is 2.16. The van der Waals surface area contributed by atoms with Crippen molar-refractivity contribution in [2.45, 2.75) is 25.4 Å². The standard InChI is InChI=1S/C20H22N4O5/c25-19(12-14-3-9-17(10-4-14)24(27)28)22-15-5-7-16(8-6-15)23-20(26)21-13-18-2-1-11-29-18/h3-10,18H,1-2,11-13H2,(H,22,25)(H2,21,23,26). The summed E-state index contributed by atoms with van der Waals surface area (Å²) in [5.74, 6) is -0.242. The lowest BCUT2D eigenvalue weighted by molar-refractivity contribution is -0.384. The van der Waals surface area contributed by atoms with Crippen LogP contribution in [0.2, 0.25) is 0 Å². The molecule has 0 bridgehead atoms. The van der Waals surface area contributed by atoms with Gasteiger partial charge in [0.2, 0.25) is 5.91 Å². The summed E-state index contributed by atoms with van der Waals surface area (Å²) in [4.78, 5) is 34.2. The number of urea groups is 1. The van der Waals surface area contributed by atoms with Gasteiger partial charge in [0.05, 0.1) is 17.4 Å². The molecular weight excluding hydrogens is 376 g/mol. The number of amides is 3. The number of nitro groups is 1. The Balaban J connectivity index is 1.44. The highest BCUT2D eigenvalue weighted by molar-refractivity contribution is 5.93. The minimum atomic E-state index is -0.484. The first-order chi connectivity index (χ1) is 14.0. The maximum absolute atomic E-state index is 12.1. The molecule has 2 aromatic carbocycles. The summed E-state index contributed by atoms with van der Waals surface area (Å²) in [5.41, 5.74) is 1.84. The predicted octanol–water partition coefficient (Wildman–Crippen LogP) is 3.08. The minimum Gasteiger partial charge on any atom is -0.376 e. The second-order valence-corrected chi connectivity index (χ2v) is 6.70. The van der Waals surface area contributed by atoms with Gasteiger partial charge in [-0.1, -0.05) is 12.1 Å². The first-order valence-electron chi connectivity index (χ1n) is 9.29. The molecule has 1 saturated heterocycles. The molecule has 2 aromatic rings. The summed E-state index contributed by atoms with van der Waals surface area (Å²) in [6.07, 6.45) is 2.15. The summed E-state index contributed by atoms with van der Waals surface area (Å²) in [5, 5.41) is 18.9. The topological polar surface area (TPSA) is 123 Å². The van der Waals surface area contributed by atoms with Gasteiger partial charge >= 0.3 is 6.03 Å². The van der Waals surface area contributed by atoms with Crippen molar-refractivity contribution in [3.05, 3.63) is 64.2 Å². The van der Waals surface area contributed by atoms with Crippen LogP contribution >= 0.6 is 0 Å². The van der Waals surface area contributed by atoms with Crippen molar-refractivity contribution in [1.82, 2.24) is 5.32 Å². The van der Waals surface area contributed by atoms with Gasteiger partial charge in [-0.2, -0.15) is 0 Å². The Morgan fingerprint density at radius 2 is 1.69 bits per heavy atom. The third-order valence-corrected chi connectivity index (χ3v) is 4.45. The lowest BCUT2D eigenvalue weighted by atomic mass is 10.1. The van der Waals surface area contributed by atoms with Crippen LogP contribution in [0.4, 0.5) is 21.9 Å². The Morgan fingerprint density at radius 1 is 1.03 bits per heavy atom.